The van der Waals surface area contributed by atoms with Crippen LogP contribution in [0.2, 0.25) is 0 Å². The molecule has 0 unspecified atom stereocenters. The van der Waals surface area contributed by atoms with Gasteiger partial charge in [-0.15, -0.1) is 49.6 Å². The zero-order chi connectivity index (χ0) is 17.3. The lowest BCUT2D eigenvalue weighted by atomic mass is 10.1. The van der Waals surface area contributed by atoms with Gasteiger partial charge in [0, 0.05) is 13.1 Å². The first kappa shape index (κ1) is 35.6. The van der Waals surface area contributed by atoms with Gasteiger partial charge in [0.05, 0.1) is 0 Å². The molecule has 170 valence electrons. The third kappa shape index (κ3) is 19.5. The minimum absolute atomic E-state index is 0. The number of unbranched alkanes of at least 4 members (excludes halogenated alkanes) is 2. The molecule has 0 aliphatic carbocycles. The van der Waals surface area contributed by atoms with Gasteiger partial charge in [-0.1, -0.05) is 38.1 Å². The van der Waals surface area contributed by atoms with Crippen LogP contribution in [0.1, 0.15) is 50.7 Å². The van der Waals surface area contributed by atoms with Crippen molar-refractivity contribution in [3.8, 4) is 0 Å². The molecule has 28 heavy (non-hydrogen) atoms. The summed E-state index contributed by atoms with van der Waals surface area (Å²) in [5.41, 5.74) is 2.84. The number of benzene rings is 1. The zero-order valence-electron chi connectivity index (χ0n) is 17.4. The molecule has 1 rings (SSSR count). The zero-order valence-corrected chi connectivity index (χ0v) is 20.7. The van der Waals surface area contributed by atoms with E-state index in [0.29, 0.717) is 0 Å². The molecule has 1 aromatic carbocycles. The van der Waals surface area contributed by atoms with Crippen LogP contribution in [0.4, 0.5) is 0 Å². The van der Waals surface area contributed by atoms with Gasteiger partial charge < -0.3 is 21.3 Å². The molecule has 0 fully saturated rings. The van der Waals surface area contributed by atoms with Gasteiger partial charge >= 0.3 is 0 Å². The van der Waals surface area contributed by atoms with Crippen LogP contribution in [0, 0.1) is 0 Å². The van der Waals surface area contributed by atoms with Crippen LogP contribution in [-0.2, 0) is 13.1 Å². The van der Waals surface area contributed by atoms with Crippen LogP contribution in [0.25, 0.3) is 0 Å². The molecule has 0 saturated carbocycles. The van der Waals surface area contributed by atoms with Gasteiger partial charge in [-0.3, -0.25) is 0 Å². The van der Waals surface area contributed by atoms with Crippen molar-refractivity contribution in [2.24, 2.45) is 0 Å². The predicted octanol–water partition coefficient (Wildman–Crippen LogP) is 4.33. The quantitative estimate of drug-likeness (QED) is 0.266. The highest BCUT2D eigenvalue weighted by atomic mass is 35.5. The Morgan fingerprint density at radius 1 is 0.536 bits per heavy atom. The topological polar surface area (TPSA) is 48.1 Å². The Balaban J connectivity index is -0.000000720. The summed E-state index contributed by atoms with van der Waals surface area (Å²) < 4.78 is 0. The summed E-state index contributed by atoms with van der Waals surface area (Å²) in [6, 6.07) is 8.77. The van der Waals surface area contributed by atoms with E-state index in [9.17, 15) is 0 Å². The van der Waals surface area contributed by atoms with E-state index in [1.807, 2.05) is 0 Å². The van der Waals surface area contributed by atoms with Crippen molar-refractivity contribution in [2.75, 3.05) is 39.3 Å². The van der Waals surface area contributed by atoms with Gasteiger partial charge in [0.2, 0.25) is 0 Å². The first-order valence-electron chi connectivity index (χ1n) is 9.78. The minimum Gasteiger partial charge on any atom is -0.317 e. The highest BCUT2D eigenvalue weighted by Crippen LogP contribution is 2.08. The van der Waals surface area contributed by atoms with E-state index in [-0.39, 0.29) is 49.6 Å². The standard InChI is InChI=1S/C20H38N4.4ClH/c1-3-21-13-7-9-15-23-17-19-11-5-6-12-20(19)18-24-16-10-8-14-22-4-2;;;;/h5-6,11-12,21-24H,3-4,7-10,13-18H2,1-2H3;4*1H. The van der Waals surface area contributed by atoms with Crippen molar-refractivity contribution in [2.45, 2.75) is 52.6 Å². The Bertz CT molecular complexity index is 375. The molecule has 0 aliphatic heterocycles. The maximum Gasteiger partial charge on any atom is 0.0208 e. The lowest BCUT2D eigenvalue weighted by Crippen LogP contribution is -2.21. The van der Waals surface area contributed by atoms with Crippen molar-refractivity contribution in [3.63, 3.8) is 0 Å². The average Bonchev–Trinajstić information content (AvgIpc) is 2.61. The first-order valence-corrected chi connectivity index (χ1v) is 9.78. The number of hydrogen-bond acceptors (Lipinski definition) is 4. The lowest BCUT2D eigenvalue weighted by Gasteiger charge is -2.12. The second-order valence-corrected chi connectivity index (χ2v) is 6.24. The smallest absolute Gasteiger partial charge is 0.0208 e. The van der Waals surface area contributed by atoms with E-state index >= 15 is 0 Å². The number of halogens is 4. The second kappa shape index (κ2) is 27.2. The van der Waals surface area contributed by atoms with Crippen molar-refractivity contribution < 1.29 is 0 Å². The van der Waals surface area contributed by atoms with E-state index in [2.05, 4.69) is 59.4 Å². The Kier molecular flexibility index (Phi) is 34.7. The molecule has 0 amide bonds. The number of nitrogens with one attached hydrogen (secondary N) is 4. The third-order valence-electron chi connectivity index (χ3n) is 4.16. The van der Waals surface area contributed by atoms with Gasteiger partial charge in [0.25, 0.3) is 0 Å². The first-order chi connectivity index (χ1) is 11.9. The molecular formula is C20H42Cl4N4. The number of hydrogen-bond donors (Lipinski definition) is 4. The minimum atomic E-state index is 0. The molecule has 0 atom stereocenters. The van der Waals surface area contributed by atoms with Gasteiger partial charge in [-0.05, 0) is 76.1 Å². The highest BCUT2D eigenvalue weighted by molar-refractivity contribution is 5.86. The lowest BCUT2D eigenvalue weighted by molar-refractivity contribution is 0.580. The maximum atomic E-state index is 3.58. The Labute approximate surface area is 197 Å². The Morgan fingerprint density at radius 2 is 0.857 bits per heavy atom. The summed E-state index contributed by atoms with van der Waals surface area (Å²) in [7, 11) is 0. The molecule has 0 radical (unpaired) electrons. The average molecular weight is 480 g/mol. The maximum absolute atomic E-state index is 3.58. The van der Waals surface area contributed by atoms with Gasteiger partial charge in [-0.2, -0.15) is 0 Å². The summed E-state index contributed by atoms with van der Waals surface area (Å²) in [6.07, 6.45) is 4.96. The SMILES string of the molecule is CCNCCCCNCc1ccccc1CNCCCCNCC.Cl.Cl.Cl.Cl. The Hall–Kier alpha value is 0.220. The van der Waals surface area contributed by atoms with Crippen LogP contribution in [-0.4, -0.2) is 39.3 Å². The van der Waals surface area contributed by atoms with Crippen LogP contribution >= 0.6 is 49.6 Å². The third-order valence-corrected chi connectivity index (χ3v) is 4.16. The van der Waals surface area contributed by atoms with Gasteiger partial charge in [-0.25, -0.2) is 0 Å². The molecule has 0 saturated heterocycles. The van der Waals surface area contributed by atoms with E-state index in [1.54, 1.807) is 0 Å². The molecule has 1 aromatic rings. The normalized spacial score (nSPS) is 9.50. The van der Waals surface area contributed by atoms with E-state index in [4.69, 9.17) is 0 Å². The Morgan fingerprint density at radius 3 is 1.18 bits per heavy atom. The van der Waals surface area contributed by atoms with Crippen LogP contribution in [0.5, 0.6) is 0 Å². The molecule has 8 heteroatoms. The summed E-state index contributed by atoms with van der Waals surface area (Å²) >= 11 is 0. The summed E-state index contributed by atoms with van der Waals surface area (Å²) in [5.74, 6) is 0. The molecule has 0 aromatic heterocycles. The van der Waals surface area contributed by atoms with E-state index < -0.39 is 0 Å². The largest absolute Gasteiger partial charge is 0.317 e. The van der Waals surface area contributed by atoms with Crippen LogP contribution < -0.4 is 21.3 Å². The molecule has 4 nitrogen and oxygen atoms in total. The van der Waals surface area contributed by atoms with Crippen molar-refractivity contribution >= 4 is 49.6 Å². The van der Waals surface area contributed by atoms with Crippen molar-refractivity contribution in [1.82, 2.24) is 21.3 Å². The molecule has 0 heterocycles. The monoisotopic (exact) mass is 478 g/mol. The molecule has 4 N–H and O–H groups in total. The number of rotatable bonds is 16. The molecule has 0 aliphatic rings. The van der Waals surface area contributed by atoms with Crippen LogP contribution in [0.15, 0.2) is 24.3 Å². The fourth-order valence-corrected chi connectivity index (χ4v) is 2.70. The van der Waals surface area contributed by atoms with Crippen molar-refractivity contribution in [1.29, 1.82) is 0 Å². The fourth-order valence-electron chi connectivity index (χ4n) is 2.70. The summed E-state index contributed by atoms with van der Waals surface area (Å²) in [6.45, 7) is 12.9. The van der Waals surface area contributed by atoms with Gasteiger partial charge in [0.1, 0.15) is 0 Å². The molecule has 0 bridgehead atoms. The van der Waals surface area contributed by atoms with E-state index in [1.165, 1.54) is 36.8 Å². The molecular weight excluding hydrogens is 438 g/mol. The van der Waals surface area contributed by atoms with Gasteiger partial charge in [0.15, 0.2) is 0 Å². The molecule has 0 spiro atoms. The van der Waals surface area contributed by atoms with Crippen LogP contribution in [0.3, 0.4) is 0 Å². The fraction of sp³-hybridized carbons (Fsp3) is 0.700. The van der Waals surface area contributed by atoms with E-state index in [0.717, 1.165) is 52.4 Å². The predicted molar refractivity (Wildman–Crippen MR) is 134 cm³/mol. The summed E-state index contributed by atoms with van der Waals surface area (Å²) in [5, 5.41) is 13.9. The summed E-state index contributed by atoms with van der Waals surface area (Å²) in [4.78, 5) is 0. The van der Waals surface area contributed by atoms with Crippen molar-refractivity contribution in [3.05, 3.63) is 35.4 Å². The highest BCUT2D eigenvalue weighted by Gasteiger charge is 2.01. The second-order valence-electron chi connectivity index (χ2n) is 6.24.